The van der Waals surface area contributed by atoms with E-state index in [1.54, 1.807) is 0 Å². The lowest BCUT2D eigenvalue weighted by atomic mass is 10.4. The molecule has 0 spiro atoms. The minimum Gasteiger partial charge on any atom is -0.475 e. The Hall–Kier alpha value is -1.93. The van der Waals surface area contributed by atoms with Crippen molar-refractivity contribution in [2.24, 2.45) is 5.84 Å². The van der Waals surface area contributed by atoms with Crippen LogP contribution in [0.2, 0.25) is 0 Å². The Bertz CT molecular complexity index is 411. The molecule has 0 saturated heterocycles. The van der Waals surface area contributed by atoms with Gasteiger partial charge in [0.05, 0.1) is 29.8 Å². The first-order valence-electron chi connectivity index (χ1n) is 5.40. The molecule has 0 atom stereocenters. The van der Waals surface area contributed by atoms with E-state index in [-0.39, 0.29) is 30.1 Å². The quantitative estimate of drug-likeness (QED) is 0.325. The van der Waals surface area contributed by atoms with Gasteiger partial charge in [-0.15, -0.1) is 0 Å². The average molecular weight is 256 g/mol. The van der Waals surface area contributed by atoms with E-state index in [4.69, 9.17) is 15.3 Å². The fourth-order valence-electron chi connectivity index (χ4n) is 1.17. The molecule has 0 aliphatic carbocycles. The zero-order valence-electron chi connectivity index (χ0n) is 10.3. The SMILES string of the molecule is CC(C)OCCOc1cc([N+](=O)[O-])cc(NN)n1. The summed E-state index contributed by atoms with van der Waals surface area (Å²) in [6.45, 7) is 4.45. The normalized spacial score (nSPS) is 10.4. The van der Waals surface area contributed by atoms with Gasteiger partial charge in [-0.25, -0.2) is 5.84 Å². The van der Waals surface area contributed by atoms with Crippen LogP contribution in [0.3, 0.4) is 0 Å². The number of ether oxygens (including phenoxy) is 2. The minimum absolute atomic E-state index is 0.105. The fraction of sp³-hybridized carbons (Fsp3) is 0.500. The lowest BCUT2D eigenvalue weighted by Gasteiger charge is -2.09. The van der Waals surface area contributed by atoms with E-state index in [1.807, 2.05) is 13.8 Å². The Kier molecular flexibility index (Phi) is 5.28. The third kappa shape index (κ3) is 4.52. The molecular weight excluding hydrogens is 240 g/mol. The molecule has 0 fully saturated rings. The van der Waals surface area contributed by atoms with E-state index < -0.39 is 4.92 Å². The van der Waals surface area contributed by atoms with E-state index in [9.17, 15) is 10.1 Å². The molecule has 0 saturated carbocycles. The second-order valence-electron chi connectivity index (χ2n) is 3.72. The van der Waals surface area contributed by atoms with Crippen molar-refractivity contribution in [2.75, 3.05) is 18.6 Å². The molecule has 0 radical (unpaired) electrons. The lowest BCUT2D eigenvalue weighted by Crippen LogP contribution is -2.13. The summed E-state index contributed by atoms with van der Waals surface area (Å²) in [5.74, 6) is 5.47. The van der Waals surface area contributed by atoms with Gasteiger partial charge >= 0.3 is 0 Å². The third-order valence-corrected chi connectivity index (χ3v) is 1.93. The van der Waals surface area contributed by atoms with Crippen LogP contribution in [0, 0.1) is 10.1 Å². The summed E-state index contributed by atoms with van der Waals surface area (Å²) in [7, 11) is 0. The Morgan fingerprint density at radius 1 is 1.50 bits per heavy atom. The maximum absolute atomic E-state index is 10.7. The summed E-state index contributed by atoms with van der Waals surface area (Å²) in [5.41, 5.74) is 2.10. The van der Waals surface area contributed by atoms with Crippen LogP contribution in [0.15, 0.2) is 12.1 Å². The molecule has 0 aromatic carbocycles. The van der Waals surface area contributed by atoms with E-state index >= 15 is 0 Å². The van der Waals surface area contributed by atoms with Crippen molar-refractivity contribution in [1.29, 1.82) is 0 Å². The van der Waals surface area contributed by atoms with Gasteiger partial charge in [0.1, 0.15) is 6.61 Å². The number of nitro groups is 1. The number of hydrogen-bond donors (Lipinski definition) is 2. The average Bonchev–Trinajstić information content (AvgIpc) is 2.34. The smallest absolute Gasteiger partial charge is 0.278 e. The molecule has 8 nitrogen and oxygen atoms in total. The Balaban J connectivity index is 2.64. The largest absolute Gasteiger partial charge is 0.475 e. The number of nitrogens with zero attached hydrogens (tertiary/aromatic N) is 2. The highest BCUT2D eigenvalue weighted by atomic mass is 16.6. The van der Waals surface area contributed by atoms with E-state index in [1.165, 1.54) is 12.1 Å². The van der Waals surface area contributed by atoms with Crippen molar-refractivity contribution in [1.82, 2.24) is 4.98 Å². The lowest BCUT2D eigenvalue weighted by molar-refractivity contribution is -0.384. The summed E-state index contributed by atoms with van der Waals surface area (Å²) in [4.78, 5) is 14.1. The minimum atomic E-state index is -0.542. The number of rotatable bonds is 7. The number of anilines is 1. The van der Waals surface area contributed by atoms with Gasteiger partial charge in [-0.1, -0.05) is 0 Å². The number of pyridine rings is 1. The summed E-state index contributed by atoms with van der Waals surface area (Å²) in [5, 5.41) is 10.7. The van der Waals surface area contributed by atoms with Gasteiger partial charge in [0.15, 0.2) is 5.82 Å². The number of aromatic nitrogens is 1. The standard InChI is InChI=1S/C10H16N4O4/c1-7(2)17-3-4-18-10-6-8(14(15)16)5-9(12-10)13-11/h5-7H,3-4,11H2,1-2H3,(H,12,13). The zero-order valence-corrected chi connectivity index (χ0v) is 10.3. The molecule has 0 aliphatic rings. The molecule has 1 rings (SSSR count). The molecule has 0 bridgehead atoms. The van der Waals surface area contributed by atoms with Crippen LogP contribution in [0.4, 0.5) is 11.5 Å². The molecule has 100 valence electrons. The molecule has 1 aromatic heterocycles. The van der Waals surface area contributed by atoms with E-state index in [2.05, 4.69) is 10.4 Å². The van der Waals surface area contributed by atoms with Gasteiger partial charge in [-0.3, -0.25) is 10.1 Å². The number of nitrogens with two attached hydrogens (primary N) is 1. The van der Waals surface area contributed by atoms with Crippen molar-refractivity contribution >= 4 is 11.5 Å². The van der Waals surface area contributed by atoms with Gasteiger partial charge in [0.2, 0.25) is 5.88 Å². The first kappa shape index (κ1) is 14.1. The Labute approximate surface area is 104 Å². The summed E-state index contributed by atoms with van der Waals surface area (Å²) in [6.07, 6.45) is 0.105. The Morgan fingerprint density at radius 2 is 2.22 bits per heavy atom. The van der Waals surface area contributed by atoms with Gasteiger partial charge in [-0.2, -0.15) is 4.98 Å². The van der Waals surface area contributed by atoms with Crippen LogP contribution in [-0.4, -0.2) is 29.2 Å². The maximum Gasteiger partial charge on any atom is 0.278 e. The van der Waals surface area contributed by atoms with Gasteiger partial charge in [0, 0.05) is 0 Å². The van der Waals surface area contributed by atoms with Crippen LogP contribution in [0.25, 0.3) is 0 Å². The molecule has 1 aromatic rings. The molecule has 8 heteroatoms. The van der Waals surface area contributed by atoms with Crippen molar-refractivity contribution < 1.29 is 14.4 Å². The second-order valence-corrected chi connectivity index (χ2v) is 3.72. The van der Waals surface area contributed by atoms with E-state index in [0.29, 0.717) is 6.61 Å². The van der Waals surface area contributed by atoms with Crippen LogP contribution < -0.4 is 16.0 Å². The monoisotopic (exact) mass is 256 g/mol. The predicted octanol–water partition coefficient (Wildman–Crippen LogP) is 1.08. The van der Waals surface area contributed by atoms with Gasteiger partial charge in [-0.05, 0) is 13.8 Å². The van der Waals surface area contributed by atoms with Crippen molar-refractivity contribution in [3.8, 4) is 5.88 Å². The van der Waals surface area contributed by atoms with Crippen LogP contribution >= 0.6 is 0 Å². The fourth-order valence-corrected chi connectivity index (χ4v) is 1.17. The summed E-state index contributed by atoms with van der Waals surface area (Å²) < 4.78 is 10.5. The van der Waals surface area contributed by atoms with E-state index in [0.717, 1.165) is 0 Å². The van der Waals surface area contributed by atoms with Crippen molar-refractivity contribution in [3.63, 3.8) is 0 Å². The number of nitrogen functional groups attached to an aromatic ring is 1. The molecule has 0 aliphatic heterocycles. The highest BCUT2D eigenvalue weighted by Gasteiger charge is 2.11. The zero-order chi connectivity index (χ0) is 13.5. The van der Waals surface area contributed by atoms with Crippen LogP contribution in [-0.2, 0) is 4.74 Å². The highest BCUT2D eigenvalue weighted by molar-refractivity contribution is 5.47. The molecule has 3 N–H and O–H groups in total. The number of hydrazine groups is 1. The topological polar surface area (TPSA) is 113 Å². The molecule has 1 heterocycles. The second kappa shape index (κ2) is 6.72. The van der Waals surface area contributed by atoms with Crippen LogP contribution in [0.5, 0.6) is 5.88 Å². The highest BCUT2D eigenvalue weighted by Crippen LogP contribution is 2.21. The van der Waals surface area contributed by atoms with Gasteiger partial charge in [0.25, 0.3) is 5.69 Å². The van der Waals surface area contributed by atoms with Crippen LogP contribution in [0.1, 0.15) is 13.8 Å². The summed E-state index contributed by atoms with van der Waals surface area (Å²) in [6, 6.07) is 2.45. The first-order chi connectivity index (χ1) is 8.52. The molecular formula is C10H16N4O4. The first-order valence-corrected chi connectivity index (χ1v) is 5.40. The number of hydrogen-bond acceptors (Lipinski definition) is 7. The third-order valence-electron chi connectivity index (χ3n) is 1.93. The summed E-state index contributed by atoms with van der Waals surface area (Å²) >= 11 is 0. The molecule has 18 heavy (non-hydrogen) atoms. The number of nitrogens with one attached hydrogen (secondary N) is 1. The van der Waals surface area contributed by atoms with Gasteiger partial charge < -0.3 is 14.9 Å². The molecule has 0 unspecified atom stereocenters. The predicted molar refractivity (Wildman–Crippen MR) is 65.3 cm³/mol. The Morgan fingerprint density at radius 3 is 2.78 bits per heavy atom. The van der Waals surface area contributed by atoms with Crippen molar-refractivity contribution in [3.05, 3.63) is 22.2 Å². The van der Waals surface area contributed by atoms with Crippen molar-refractivity contribution in [2.45, 2.75) is 20.0 Å². The maximum atomic E-state index is 10.7. The molecule has 0 amide bonds.